The summed E-state index contributed by atoms with van der Waals surface area (Å²) in [5, 5.41) is 2.67. The molecule has 3 rings (SSSR count). The van der Waals surface area contributed by atoms with Gasteiger partial charge in [0.15, 0.2) is 0 Å². The Morgan fingerprint density at radius 1 is 0.972 bits per heavy atom. The molecule has 1 N–H and O–H groups in total. The van der Waals surface area contributed by atoms with Crippen molar-refractivity contribution in [2.75, 3.05) is 17.4 Å². The summed E-state index contributed by atoms with van der Waals surface area (Å²) >= 11 is 2.10. The van der Waals surface area contributed by atoms with E-state index in [2.05, 4.69) is 27.9 Å². The van der Waals surface area contributed by atoms with E-state index in [4.69, 9.17) is 0 Å². The molecular weight excluding hydrogens is 596 g/mol. The highest BCUT2D eigenvalue weighted by molar-refractivity contribution is 14.1. The zero-order valence-corrected chi connectivity index (χ0v) is 22.9. The SMILES string of the molecule is CCNC(=O)[C@@H](C)N(Cc1ccccc1F)C(=O)CN(c1ccc(I)cc1)S(=O)(=O)c1ccccc1. The van der Waals surface area contributed by atoms with E-state index in [1.165, 1.54) is 42.2 Å². The fourth-order valence-corrected chi connectivity index (χ4v) is 5.37. The molecule has 10 heteroatoms. The summed E-state index contributed by atoms with van der Waals surface area (Å²) in [6.07, 6.45) is 0. The van der Waals surface area contributed by atoms with Gasteiger partial charge in [-0.25, -0.2) is 12.8 Å². The van der Waals surface area contributed by atoms with Crippen LogP contribution >= 0.6 is 22.6 Å². The molecule has 190 valence electrons. The second kappa shape index (κ2) is 12.3. The molecule has 36 heavy (non-hydrogen) atoms. The maximum absolute atomic E-state index is 14.5. The summed E-state index contributed by atoms with van der Waals surface area (Å²) in [5.74, 6) is -1.59. The Morgan fingerprint density at radius 2 is 1.58 bits per heavy atom. The molecule has 0 unspecified atom stereocenters. The lowest BCUT2D eigenvalue weighted by Crippen LogP contribution is -2.51. The zero-order valence-electron chi connectivity index (χ0n) is 19.9. The van der Waals surface area contributed by atoms with E-state index in [1.54, 1.807) is 55.5 Å². The predicted molar refractivity (Wildman–Crippen MR) is 145 cm³/mol. The monoisotopic (exact) mass is 623 g/mol. The van der Waals surface area contributed by atoms with Crippen LogP contribution in [0.2, 0.25) is 0 Å². The van der Waals surface area contributed by atoms with Crippen LogP contribution in [0.4, 0.5) is 10.1 Å². The molecule has 0 bridgehead atoms. The van der Waals surface area contributed by atoms with Crippen LogP contribution in [0.3, 0.4) is 0 Å². The van der Waals surface area contributed by atoms with Crippen LogP contribution in [0.1, 0.15) is 19.4 Å². The second-order valence-electron chi connectivity index (χ2n) is 7.98. The maximum atomic E-state index is 14.5. The van der Waals surface area contributed by atoms with Gasteiger partial charge in [0.05, 0.1) is 10.6 Å². The summed E-state index contributed by atoms with van der Waals surface area (Å²) in [5.41, 5.74) is 0.512. The van der Waals surface area contributed by atoms with Crippen LogP contribution < -0.4 is 9.62 Å². The Morgan fingerprint density at radius 3 is 2.19 bits per heavy atom. The van der Waals surface area contributed by atoms with Gasteiger partial charge in [-0.05, 0) is 78.9 Å². The Kier molecular flexibility index (Phi) is 9.43. The number of carbonyl (C=O) groups excluding carboxylic acids is 2. The first-order valence-electron chi connectivity index (χ1n) is 11.3. The molecule has 0 aromatic heterocycles. The van der Waals surface area contributed by atoms with E-state index >= 15 is 0 Å². The highest BCUT2D eigenvalue weighted by Crippen LogP contribution is 2.25. The van der Waals surface area contributed by atoms with Crippen molar-refractivity contribution in [3.05, 3.63) is 93.8 Å². The minimum atomic E-state index is -4.12. The van der Waals surface area contributed by atoms with Crippen molar-refractivity contribution in [3.8, 4) is 0 Å². The van der Waals surface area contributed by atoms with E-state index in [9.17, 15) is 22.4 Å². The molecule has 0 radical (unpaired) electrons. The largest absolute Gasteiger partial charge is 0.355 e. The lowest BCUT2D eigenvalue weighted by molar-refractivity contribution is -0.139. The normalized spacial score (nSPS) is 12.0. The quantitative estimate of drug-likeness (QED) is 0.344. The van der Waals surface area contributed by atoms with Crippen molar-refractivity contribution >= 4 is 50.1 Å². The third-order valence-electron chi connectivity index (χ3n) is 5.54. The number of amides is 2. The van der Waals surface area contributed by atoms with Crippen LogP contribution in [-0.4, -0.2) is 44.3 Å². The number of halogens is 2. The lowest BCUT2D eigenvalue weighted by Gasteiger charge is -2.32. The molecule has 0 fully saturated rings. The Balaban J connectivity index is 2.02. The van der Waals surface area contributed by atoms with E-state index in [0.717, 1.165) is 7.88 Å². The molecule has 0 saturated carbocycles. The van der Waals surface area contributed by atoms with Crippen molar-refractivity contribution in [2.24, 2.45) is 0 Å². The number of hydrogen-bond acceptors (Lipinski definition) is 4. The number of hydrogen-bond donors (Lipinski definition) is 1. The molecule has 0 saturated heterocycles. The molecule has 3 aromatic rings. The molecule has 7 nitrogen and oxygen atoms in total. The highest BCUT2D eigenvalue weighted by Gasteiger charge is 2.32. The van der Waals surface area contributed by atoms with Crippen molar-refractivity contribution in [2.45, 2.75) is 31.3 Å². The van der Waals surface area contributed by atoms with E-state index < -0.39 is 40.2 Å². The minimum Gasteiger partial charge on any atom is -0.355 e. The maximum Gasteiger partial charge on any atom is 0.264 e. The van der Waals surface area contributed by atoms with Gasteiger partial charge in [0.2, 0.25) is 11.8 Å². The van der Waals surface area contributed by atoms with E-state index in [0.29, 0.717) is 12.2 Å². The summed E-state index contributed by atoms with van der Waals surface area (Å²) in [7, 11) is -4.12. The molecule has 3 aromatic carbocycles. The van der Waals surface area contributed by atoms with Gasteiger partial charge in [0, 0.05) is 22.2 Å². The summed E-state index contributed by atoms with van der Waals surface area (Å²) < 4.78 is 43.6. The molecule has 0 aliphatic rings. The fourth-order valence-electron chi connectivity index (χ4n) is 3.57. The number of nitrogens with one attached hydrogen (secondary N) is 1. The van der Waals surface area contributed by atoms with Crippen LogP contribution in [0, 0.1) is 9.39 Å². The molecule has 1 atom stereocenters. The molecule has 0 aliphatic carbocycles. The molecule has 0 spiro atoms. The Labute approximate surface area is 224 Å². The first kappa shape index (κ1) is 27.6. The molecule has 0 aliphatic heterocycles. The lowest BCUT2D eigenvalue weighted by atomic mass is 10.1. The summed E-state index contributed by atoms with van der Waals surface area (Å²) in [6, 6.07) is 19.5. The zero-order chi connectivity index (χ0) is 26.3. The number of sulfonamides is 1. The standard InChI is InChI=1S/C26H27FIN3O4S/c1-3-29-26(33)19(2)30(17-20-9-7-8-12-24(20)27)25(32)18-31(22-15-13-21(28)14-16-22)36(34,35)23-10-5-4-6-11-23/h4-16,19H,3,17-18H2,1-2H3,(H,29,33)/t19-/m1/s1. The van der Waals surface area contributed by atoms with Gasteiger partial charge in [-0.3, -0.25) is 13.9 Å². The van der Waals surface area contributed by atoms with Crippen molar-refractivity contribution in [3.63, 3.8) is 0 Å². The topological polar surface area (TPSA) is 86.8 Å². The van der Waals surface area contributed by atoms with Gasteiger partial charge >= 0.3 is 0 Å². The molecule has 0 heterocycles. The van der Waals surface area contributed by atoms with Crippen LogP contribution in [0.15, 0.2) is 83.8 Å². The smallest absolute Gasteiger partial charge is 0.264 e. The van der Waals surface area contributed by atoms with Crippen molar-refractivity contribution in [1.29, 1.82) is 0 Å². The van der Waals surface area contributed by atoms with Crippen molar-refractivity contribution < 1.29 is 22.4 Å². The number of anilines is 1. The van der Waals surface area contributed by atoms with Gasteiger partial charge in [0.25, 0.3) is 10.0 Å². The fraction of sp³-hybridized carbons (Fsp3) is 0.231. The number of rotatable bonds is 10. The number of nitrogens with zero attached hydrogens (tertiary/aromatic N) is 2. The van der Waals surface area contributed by atoms with E-state index in [1.807, 2.05) is 0 Å². The third kappa shape index (κ3) is 6.61. The number of benzene rings is 3. The first-order chi connectivity index (χ1) is 17.1. The van der Waals surface area contributed by atoms with Crippen LogP contribution in [0.25, 0.3) is 0 Å². The van der Waals surface area contributed by atoms with Gasteiger partial charge in [-0.15, -0.1) is 0 Å². The summed E-state index contributed by atoms with van der Waals surface area (Å²) in [4.78, 5) is 27.5. The van der Waals surface area contributed by atoms with Gasteiger partial charge in [0.1, 0.15) is 18.4 Å². The third-order valence-corrected chi connectivity index (χ3v) is 8.05. The first-order valence-corrected chi connectivity index (χ1v) is 13.8. The number of likely N-dealkylation sites (N-methyl/N-ethyl adjacent to an activating group) is 1. The average molecular weight is 623 g/mol. The Hall–Kier alpha value is -2.99. The Bertz CT molecular complexity index is 1300. The number of carbonyl (C=O) groups is 2. The van der Waals surface area contributed by atoms with Gasteiger partial charge in [-0.2, -0.15) is 0 Å². The van der Waals surface area contributed by atoms with E-state index in [-0.39, 0.29) is 17.0 Å². The minimum absolute atomic E-state index is 0.0220. The van der Waals surface area contributed by atoms with Crippen LogP contribution in [0.5, 0.6) is 0 Å². The highest BCUT2D eigenvalue weighted by atomic mass is 127. The second-order valence-corrected chi connectivity index (χ2v) is 11.1. The average Bonchev–Trinajstić information content (AvgIpc) is 2.87. The summed E-state index contributed by atoms with van der Waals surface area (Å²) in [6.45, 7) is 2.86. The molecular formula is C26H27FIN3O4S. The van der Waals surface area contributed by atoms with Gasteiger partial charge in [-0.1, -0.05) is 36.4 Å². The molecule has 2 amide bonds. The van der Waals surface area contributed by atoms with Crippen LogP contribution in [-0.2, 0) is 26.2 Å². The van der Waals surface area contributed by atoms with Gasteiger partial charge < -0.3 is 10.2 Å². The predicted octanol–water partition coefficient (Wildman–Crippen LogP) is 4.18. The van der Waals surface area contributed by atoms with Crippen molar-refractivity contribution in [1.82, 2.24) is 10.2 Å².